The minimum Gasteiger partial charge on any atom is -0.466 e. The summed E-state index contributed by atoms with van der Waals surface area (Å²) in [6.07, 6.45) is 0.700. The number of aromatic nitrogens is 1. The third-order valence-corrected chi connectivity index (χ3v) is 6.43. The topological polar surface area (TPSA) is 82.6 Å². The van der Waals surface area contributed by atoms with Gasteiger partial charge in [0.1, 0.15) is 23.4 Å². The van der Waals surface area contributed by atoms with Crippen molar-refractivity contribution in [3.63, 3.8) is 0 Å². The molecule has 2 aromatic heterocycles. The van der Waals surface area contributed by atoms with Crippen LogP contribution in [0.1, 0.15) is 38.6 Å². The first-order valence-corrected chi connectivity index (χ1v) is 11.3. The summed E-state index contributed by atoms with van der Waals surface area (Å²) in [7, 11) is 0. The fourth-order valence-corrected chi connectivity index (χ4v) is 4.75. The second-order valence-electron chi connectivity index (χ2n) is 8.50. The largest absolute Gasteiger partial charge is 0.466 e. The molecule has 0 bridgehead atoms. The average molecular weight is 443 g/mol. The minimum absolute atomic E-state index is 0.00923. The van der Waals surface area contributed by atoms with Gasteiger partial charge in [0.15, 0.2) is 0 Å². The molecule has 1 aromatic carbocycles. The van der Waals surface area contributed by atoms with Crippen LogP contribution >= 0.6 is 0 Å². The van der Waals surface area contributed by atoms with Gasteiger partial charge in [0.05, 0.1) is 30.0 Å². The molecule has 7 nitrogen and oxygen atoms in total. The molecule has 1 saturated heterocycles. The van der Waals surface area contributed by atoms with Crippen molar-refractivity contribution in [1.29, 1.82) is 5.26 Å². The number of ether oxygens (including phenoxy) is 1. The summed E-state index contributed by atoms with van der Waals surface area (Å²) in [5.41, 5.74) is 5.20. The molecule has 0 radical (unpaired) electrons. The lowest BCUT2D eigenvalue weighted by atomic mass is 9.93. The Morgan fingerprint density at radius 2 is 1.85 bits per heavy atom. The molecule has 0 unspecified atom stereocenters. The van der Waals surface area contributed by atoms with E-state index in [1.165, 1.54) is 0 Å². The quantitative estimate of drug-likeness (QED) is 0.613. The van der Waals surface area contributed by atoms with E-state index in [9.17, 15) is 10.1 Å². The van der Waals surface area contributed by atoms with Crippen LogP contribution in [0.4, 0.5) is 5.82 Å². The maximum atomic E-state index is 13.0. The number of benzene rings is 1. The van der Waals surface area contributed by atoms with Crippen LogP contribution in [0.25, 0.3) is 11.3 Å². The zero-order valence-electron chi connectivity index (χ0n) is 18.9. The molecule has 7 heteroatoms. The molecule has 0 aliphatic carbocycles. The van der Waals surface area contributed by atoms with Gasteiger partial charge in [-0.3, -0.25) is 4.79 Å². The highest BCUT2D eigenvalue weighted by molar-refractivity contribution is 5.95. The number of nitriles is 1. The van der Waals surface area contributed by atoms with Crippen molar-refractivity contribution in [3.8, 4) is 17.3 Å². The number of amides is 1. The molecule has 0 spiro atoms. The molecule has 1 amide bonds. The van der Waals surface area contributed by atoms with Crippen molar-refractivity contribution in [2.24, 2.45) is 0 Å². The summed E-state index contributed by atoms with van der Waals surface area (Å²) in [5.74, 6) is 2.09. The summed E-state index contributed by atoms with van der Waals surface area (Å²) in [6, 6.07) is 14.3. The molecule has 4 heterocycles. The van der Waals surface area contributed by atoms with Gasteiger partial charge >= 0.3 is 0 Å². The lowest BCUT2D eigenvalue weighted by Crippen LogP contribution is -2.49. The highest BCUT2D eigenvalue weighted by Gasteiger charge is 2.29. The zero-order valence-corrected chi connectivity index (χ0v) is 18.9. The number of anilines is 1. The first kappa shape index (κ1) is 21.2. The molecule has 1 fully saturated rings. The van der Waals surface area contributed by atoms with Gasteiger partial charge in [-0.05, 0) is 31.9 Å². The number of nitrogens with zero attached hydrogens (tertiary/aromatic N) is 4. The maximum absolute atomic E-state index is 13.0. The third-order valence-electron chi connectivity index (χ3n) is 6.43. The number of hydrogen-bond donors (Lipinski definition) is 0. The van der Waals surface area contributed by atoms with Gasteiger partial charge < -0.3 is 19.0 Å². The van der Waals surface area contributed by atoms with E-state index in [0.717, 1.165) is 28.1 Å². The Labute approximate surface area is 193 Å². The smallest absolute Gasteiger partial charge is 0.257 e. The van der Waals surface area contributed by atoms with Gasteiger partial charge in [-0.25, -0.2) is 4.98 Å². The Morgan fingerprint density at radius 3 is 2.52 bits per heavy atom. The van der Waals surface area contributed by atoms with E-state index in [-0.39, 0.29) is 5.91 Å². The van der Waals surface area contributed by atoms with E-state index in [0.29, 0.717) is 68.5 Å². The van der Waals surface area contributed by atoms with Crippen LogP contribution in [0.5, 0.6) is 0 Å². The molecule has 168 valence electrons. The Kier molecular flexibility index (Phi) is 5.61. The van der Waals surface area contributed by atoms with Gasteiger partial charge in [0.25, 0.3) is 5.91 Å². The summed E-state index contributed by atoms with van der Waals surface area (Å²) >= 11 is 0. The molecule has 5 rings (SSSR count). The molecule has 0 N–H and O–H groups in total. The number of carbonyl (C=O) groups is 1. The van der Waals surface area contributed by atoms with Gasteiger partial charge in [-0.2, -0.15) is 5.26 Å². The lowest BCUT2D eigenvalue weighted by Gasteiger charge is -2.36. The second kappa shape index (κ2) is 8.72. The molecule has 2 aliphatic heterocycles. The van der Waals surface area contributed by atoms with Crippen LogP contribution in [-0.2, 0) is 17.8 Å². The van der Waals surface area contributed by atoms with Crippen LogP contribution in [-0.4, -0.2) is 48.6 Å². The van der Waals surface area contributed by atoms with Crippen molar-refractivity contribution in [2.45, 2.75) is 26.9 Å². The van der Waals surface area contributed by atoms with Gasteiger partial charge in [0, 0.05) is 37.3 Å². The first-order valence-electron chi connectivity index (χ1n) is 11.3. The SMILES string of the molecule is Cc1cc(C(=O)N2CCN(c3nc(-c4ccccc4)c4c(c3C#N)CCOC4)CC2)c(C)o1. The monoisotopic (exact) mass is 442 g/mol. The highest BCUT2D eigenvalue weighted by atomic mass is 16.5. The molecular formula is C26H26N4O3. The van der Waals surface area contributed by atoms with E-state index in [1.807, 2.05) is 49.1 Å². The van der Waals surface area contributed by atoms with Crippen LogP contribution in [0.2, 0.25) is 0 Å². The van der Waals surface area contributed by atoms with Crippen LogP contribution < -0.4 is 4.90 Å². The summed E-state index contributed by atoms with van der Waals surface area (Å²) in [4.78, 5) is 22.0. The fourth-order valence-electron chi connectivity index (χ4n) is 4.75. The number of rotatable bonds is 3. The zero-order chi connectivity index (χ0) is 22.9. The normalized spacial score (nSPS) is 15.8. The molecule has 33 heavy (non-hydrogen) atoms. The molecule has 0 saturated carbocycles. The number of hydrogen-bond acceptors (Lipinski definition) is 6. The number of fused-ring (bicyclic) bond motifs is 1. The Bertz CT molecular complexity index is 1230. The third kappa shape index (κ3) is 3.87. The summed E-state index contributed by atoms with van der Waals surface area (Å²) in [6.45, 7) is 7.10. The maximum Gasteiger partial charge on any atom is 0.257 e. The van der Waals surface area contributed by atoms with E-state index < -0.39 is 0 Å². The Hall–Kier alpha value is -3.63. The van der Waals surface area contributed by atoms with Crippen molar-refractivity contribution in [3.05, 3.63) is 70.2 Å². The van der Waals surface area contributed by atoms with Crippen LogP contribution in [0.15, 0.2) is 40.8 Å². The van der Waals surface area contributed by atoms with Crippen LogP contribution in [0.3, 0.4) is 0 Å². The van der Waals surface area contributed by atoms with E-state index in [1.54, 1.807) is 6.07 Å². The summed E-state index contributed by atoms with van der Waals surface area (Å²) in [5, 5.41) is 10.1. The molecule has 2 aliphatic rings. The molecular weight excluding hydrogens is 416 g/mol. The van der Waals surface area contributed by atoms with Crippen molar-refractivity contribution >= 4 is 11.7 Å². The van der Waals surface area contributed by atoms with Crippen molar-refractivity contribution in [1.82, 2.24) is 9.88 Å². The van der Waals surface area contributed by atoms with Gasteiger partial charge in [-0.1, -0.05) is 30.3 Å². The Morgan fingerprint density at radius 1 is 1.09 bits per heavy atom. The standard InChI is InChI=1S/C26H26N4O3/c1-17-14-21(18(2)33-17)26(31)30-11-9-29(10-12-30)25-22(15-27)20-8-13-32-16-23(20)24(28-25)19-6-4-3-5-7-19/h3-7,14H,8-13,16H2,1-2H3. The van der Waals surface area contributed by atoms with Crippen molar-refractivity contribution < 1.29 is 13.9 Å². The highest BCUT2D eigenvalue weighted by Crippen LogP contribution is 2.35. The van der Waals surface area contributed by atoms with E-state index in [4.69, 9.17) is 14.1 Å². The van der Waals surface area contributed by atoms with Crippen molar-refractivity contribution in [2.75, 3.05) is 37.7 Å². The second-order valence-corrected chi connectivity index (χ2v) is 8.50. The van der Waals surface area contributed by atoms with E-state index in [2.05, 4.69) is 11.0 Å². The average Bonchev–Trinajstić information content (AvgIpc) is 3.20. The number of carbonyl (C=O) groups excluding carboxylic acids is 1. The van der Waals surface area contributed by atoms with Crippen LogP contribution in [0, 0.1) is 25.2 Å². The van der Waals surface area contributed by atoms with Gasteiger partial charge in [0.2, 0.25) is 0 Å². The first-order chi connectivity index (χ1) is 16.1. The molecule has 3 aromatic rings. The lowest BCUT2D eigenvalue weighted by molar-refractivity contribution is 0.0744. The predicted octanol–water partition coefficient (Wildman–Crippen LogP) is 3.87. The predicted molar refractivity (Wildman–Crippen MR) is 124 cm³/mol. The minimum atomic E-state index is -0.00923. The van der Waals surface area contributed by atoms with E-state index >= 15 is 0 Å². The number of aryl methyl sites for hydroxylation is 2. The molecule has 0 atom stereocenters. The summed E-state index contributed by atoms with van der Waals surface area (Å²) < 4.78 is 11.3. The number of pyridine rings is 1. The van der Waals surface area contributed by atoms with Gasteiger partial charge in [-0.15, -0.1) is 0 Å². The Balaban J connectivity index is 1.46. The number of piperazine rings is 1. The fraction of sp³-hybridized carbons (Fsp3) is 0.346. The number of furan rings is 1.